The molecule has 3 heterocycles. The highest BCUT2D eigenvalue weighted by Gasteiger charge is 2.18. The van der Waals surface area contributed by atoms with Crippen LogP contribution in [0.3, 0.4) is 0 Å². The quantitative estimate of drug-likeness (QED) is 0.671. The van der Waals surface area contributed by atoms with Crippen LogP contribution in [-0.2, 0) is 0 Å². The molecule has 0 radical (unpaired) electrons. The van der Waals surface area contributed by atoms with Crippen LogP contribution in [0.5, 0.6) is 5.75 Å². The van der Waals surface area contributed by atoms with Crippen LogP contribution in [0.4, 0.5) is 5.69 Å². The second kappa shape index (κ2) is 5.93. The van der Waals surface area contributed by atoms with E-state index in [1.807, 2.05) is 6.07 Å². The first-order chi connectivity index (χ1) is 11.7. The molecule has 7 heteroatoms. The van der Waals surface area contributed by atoms with Gasteiger partial charge in [0.15, 0.2) is 5.65 Å². The number of pyridine rings is 1. The van der Waals surface area contributed by atoms with E-state index in [-0.39, 0.29) is 11.9 Å². The standard InChI is InChI=1S/C17H17N5O2/c18-13-2-1-7-24-15-8-10(3-4-11(13)15)17(23)21-14-5-6-19-16-12(14)9-20-22-16/h3-6,8-9,13H,1-2,7,18H2,(H2,19,20,21,22,23). The molecule has 0 spiro atoms. The Hall–Kier alpha value is -2.93. The minimum atomic E-state index is -0.215. The molecule has 0 aliphatic carbocycles. The number of fused-ring (bicyclic) bond motifs is 2. The molecule has 1 atom stereocenters. The zero-order chi connectivity index (χ0) is 16.5. The van der Waals surface area contributed by atoms with Crippen LogP contribution in [-0.4, -0.2) is 27.7 Å². The van der Waals surface area contributed by atoms with Gasteiger partial charge in [0.25, 0.3) is 5.91 Å². The molecular weight excluding hydrogens is 306 g/mol. The van der Waals surface area contributed by atoms with Crippen LogP contribution in [0.2, 0.25) is 0 Å². The predicted octanol–water partition coefficient (Wildman–Crippen LogP) is 2.38. The van der Waals surface area contributed by atoms with Gasteiger partial charge in [0.1, 0.15) is 5.75 Å². The Balaban J connectivity index is 1.63. The van der Waals surface area contributed by atoms with Crippen molar-refractivity contribution in [1.82, 2.24) is 15.2 Å². The van der Waals surface area contributed by atoms with Crippen molar-refractivity contribution >= 4 is 22.6 Å². The lowest BCUT2D eigenvalue weighted by molar-refractivity contribution is 0.102. The summed E-state index contributed by atoms with van der Waals surface area (Å²) in [6.07, 6.45) is 5.05. The van der Waals surface area contributed by atoms with Gasteiger partial charge < -0.3 is 15.8 Å². The summed E-state index contributed by atoms with van der Waals surface area (Å²) in [5.74, 6) is 0.476. The van der Waals surface area contributed by atoms with Crippen molar-refractivity contribution in [3.8, 4) is 5.75 Å². The number of rotatable bonds is 2. The molecule has 1 aliphatic heterocycles. The number of anilines is 1. The number of nitrogens with zero attached hydrogens (tertiary/aromatic N) is 2. The number of carbonyl (C=O) groups is 1. The van der Waals surface area contributed by atoms with E-state index in [4.69, 9.17) is 10.5 Å². The van der Waals surface area contributed by atoms with Gasteiger partial charge >= 0.3 is 0 Å². The van der Waals surface area contributed by atoms with Gasteiger partial charge in [0.05, 0.1) is 23.9 Å². The highest BCUT2D eigenvalue weighted by atomic mass is 16.5. The van der Waals surface area contributed by atoms with Gasteiger partial charge in [-0.3, -0.25) is 9.89 Å². The van der Waals surface area contributed by atoms with E-state index >= 15 is 0 Å². The minimum Gasteiger partial charge on any atom is -0.493 e. The largest absolute Gasteiger partial charge is 0.493 e. The lowest BCUT2D eigenvalue weighted by atomic mass is 10.0. The molecular formula is C17H17N5O2. The first-order valence-corrected chi connectivity index (χ1v) is 7.84. The normalized spacial score (nSPS) is 17.0. The zero-order valence-electron chi connectivity index (χ0n) is 13.0. The molecule has 24 heavy (non-hydrogen) atoms. The maximum absolute atomic E-state index is 12.6. The molecule has 1 aliphatic rings. The van der Waals surface area contributed by atoms with Gasteiger partial charge in [-0.05, 0) is 31.0 Å². The van der Waals surface area contributed by atoms with Crippen molar-refractivity contribution in [2.24, 2.45) is 5.73 Å². The van der Waals surface area contributed by atoms with E-state index in [1.165, 1.54) is 0 Å². The van der Waals surface area contributed by atoms with Gasteiger partial charge in [-0.25, -0.2) is 4.98 Å². The number of benzene rings is 1. The second-order valence-corrected chi connectivity index (χ2v) is 5.79. The molecule has 1 aromatic carbocycles. The average molecular weight is 323 g/mol. The van der Waals surface area contributed by atoms with Gasteiger partial charge in [0, 0.05) is 23.4 Å². The lowest BCUT2D eigenvalue weighted by Gasteiger charge is -2.13. The Kier molecular flexibility index (Phi) is 3.62. The fraction of sp³-hybridized carbons (Fsp3) is 0.235. The van der Waals surface area contributed by atoms with Crippen LogP contribution in [0, 0.1) is 0 Å². The molecule has 3 aromatic rings. The van der Waals surface area contributed by atoms with Crippen LogP contribution < -0.4 is 15.8 Å². The Bertz CT molecular complexity index is 905. The molecule has 122 valence electrons. The number of nitrogens with one attached hydrogen (secondary N) is 2. The Morgan fingerprint density at radius 2 is 2.29 bits per heavy atom. The highest BCUT2D eigenvalue weighted by molar-refractivity contribution is 6.08. The number of nitrogens with two attached hydrogens (primary N) is 1. The summed E-state index contributed by atoms with van der Waals surface area (Å²) in [7, 11) is 0. The number of carbonyl (C=O) groups excluding carboxylic acids is 1. The van der Waals surface area contributed by atoms with E-state index < -0.39 is 0 Å². The summed E-state index contributed by atoms with van der Waals surface area (Å²) in [6.45, 7) is 0.617. The van der Waals surface area contributed by atoms with Crippen LogP contribution in [0.25, 0.3) is 11.0 Å². The first kappa shape index (κ1) is 14.6. The fourth-order valence-electron chi connectivity index (χ4n) is 2.90. The third-order valence-corrected chi connectivity index (χ3v) is 4.19. The van der Waals surface area contributed by atoms with Crippen LogP contribution in [0.15, 0.2) is 36.7 Å². The van der Waals surface area contributed by atoms with Gasteiger partial charge in [-0.2, -0.15) is 5.10 Å². The first-order valence-electron chi connectivity index (χ1n) is 7.84. The van der Waals surface area contributed by atoms with Crippen molar-refractivity contribution in [3.63, 3.8) is 0 Å². The van der Waals surface area contributed by atoms with Crippen molar-refractivity contribution in [2.45, 2.75) is 18.9 Å². The van der Waals surface area contributed by atoms with Gasteiger partial charge in [0.2, 0.25) is 0 Å². The Morgan fingerprint density at radius 1 is 1.38 bits per heavy atom. The van der Waals surface area contributed by atoms with Crippen molar-refractivity contribution in [3.05, 3.63) is 47.8 Å². The monoisotopic (exact) mass is 323 g/mol. The average Bonchev–Trinajstić information content (AvgIpc) is 3.00. The summed E-state index contributed by atoms with van der Waals surface area (Å²) >= 11 is 0. The van der Waals surface area contributed by atoms with Gasteiger partial charge in [-0.1, -0.05) is 6.07 Å². The molecule has 2 aromatic heterocycles. The summed E-state index contributed by atoms with van der Waals surface area (Å²) < 4.78 is 5.73. The fourth-order valence-corrected chi connectivity index (χ4v) is 2.90. The SMILES string of the molecule is NC1CCCOc2cc(C(=O)Nc3ccnc4[nH]ncc34)ccc21. The molecule has 0 saturated heterocycles. The number of aromatic amines is 1. The molecule has 1 unspecified atom stereocenters. The third kappa shape index (κ3) is 2.59. The number of hydrogen-bond acceptors (Lipinski definition) is 5. The zero-order valence-corrected chi connectivity index (χ0v) is 13.0. The lowest BCUT2D eigenvalue weighted by Crippen LogP contribution is -2.14. The molecule has 1 amide bonds. The molecule has 4 rings (SSSR count). The number of H-pyrrole nitrogens is 1. The van der Waals surface area contributed by atoms with Crippen molar-refractivity contribution in [1.29, 1.82) is 0 Å². The summed E-state index contributed by atoms with van der Waals surface area (Å²) in [4.78, 5) is 16.7. The summed E-state index contributed by atoms with van der Waals surface area (Å²) in [6, 6.07) is 7.09. The number of aromatic nitrogens is 3. The number of hydrogen-bond donors (Lipinski definition) is 3. The van der Waals surface area contributed by atoms with Crippen LogP contribution in [0.1, 0.15) is 34.8 Å². The van der Waals surface area contributed by atoms with E-state index in [2.05, 4.69) is 20.5 Å². The molecule has 7 nitrogen and oxygen atoms in total. The van der Waals surface area contributed by atoms with E-state index in [9.17, 15) is 4.79 Å². The summed E-state index contributed by atoms with van der Waals surface area (Å²) in [5, 5.41) is 10.4. The molecule has 0 fully saturated rings. The maximum atomic E-state index is 12.6. The topological polar surface area (TPSA) is 106 Å². The smallest absolute Gasteiger partial charge is 0.255 e. The summed E-state index contributed by atoms with van der Waals surface area (Å²) in [5.41, 5.74) is 8.91. The number of ether oxygens (including phenoxy) is 1. The maximum Gasteiger partial charge on any atom is 0.255 e. The van der Waals surface area contributed by atoms with E-state index in [1.54, 1.807) is 30.6 Å². The third-order valence-electron chi connectivity index (χ3n) is 4.19. The Labute approximate surface area is 138 Å². The van der Waals surface area contributed by atoms with Gasteiger partial charge in [-0.15, -0.1) is 0 Å². The van der Waals surface area contributed by atoms with Crippen LogP contribution >= 0.6 is 0 Å². The predicted molar refractivity (Wildman–Crippen MR) is 89.9 cm³/mol. The molecule has 0 saturated carbocycles. The van der Waals surface area contributed by atoms with E-state index in [0.29, 0.717) is 29.3 Å². The van der Waals surface area contributed by atoms with Crippen molar-refractivity contribution < 1.29 is 9.53 Å². The minimum absolute atomic E-state index is 0.0506. The Morgan fingerprint density at radius 3 is 3.21 bits per heavy atom. The van der Waals surface area contributed by atoms with E-state index in [0.717, 1.165) is 23.8 Å². The van der Waals surface area contributed by atoms with Crippen molar-refractivity contribution in [2.75, 3.05) is 11.9 Å². The molecule has 0 bridgehead atoms. The highest BCUT2D eigenvalue weighted by Crippen LogP contribution is 2.31. The second-order valence-electron chi connectivity index (χ2n) is 5.79. The number of amides is 1. The molecule has 4 N–H and O–H groups in total.